The second kappa shape index (κ2) is 8.46. The van der Waals surface area contributed by atoms with E-state index in [0.717, 1.165) is 23.5 Å². The second-order valence-corrected chi connectivity index (χ2v) is 6.31. The van der Waals surface area contributed by atoms with Crippen molar-refractivity contribution in [1.29, 1.82) is 0 Å². The monoisotopic (exact) mass is 364 g/mol. The summed E-state index contributed by atoms with van der Waals surface area (Å²) in [4.78, 5) is 15.2. The molecule has 0 saturated heterocycles. The highest BCUT2D eigenvalue weighted by Crippen LogP contribution is 2.22. The van der Waals surface area contributed by atoms with E-state index in [1.54, 1.807) is 7.11 Å². The highest BCUT2D eigenvalue weighted by molar-refractivity contribution is 5.53. The van der Waals surface area contributed by atoms with E-state index in [9.17, 15) is 0 Å². The van der Waals surface area contributed by atoms with Crippen molar-refractivity contribution < 1.29 is 4.74 Å². The number of nitrogens with zero attached hydrogens (tertiary/aromatic N) is 4. The summed E-state index contributed by atoms with van der Waals surface area (Å²) < 4.78 is 5.29. The zero-order chi connectivity index (χ0) is 19.2. The Labute approximate surface area is 159 Å². The average molecular weight is 364 g/mol. The fraction of sp³-hybridized carbons (Fsp3) is 0.250. The molecule has 27 heavy (non-hydrogen) atoms. The van der Waals surface area contributed by atoms with Crippen LogP contribution in [0.5, 0.6) is 5.75 Å². The number of aromatic nitrogens is 3. The third-order valence-corrected chi connectivity index (χ3v) is 4.30. The van der Waals surface area contributed by atoms with Crippen LogP contribution < -0.4 is 15.8 Å². The highest BCUT2D eigenvalue weighted by atomic mass is 16.5. The minimum Gasteiger partial charge on any atom is -0.497 e. The van der Waals surface area contributed by atoms with Gasteiger partial charge in [0.1, 0.15) is 5.75 Å². The molecule has 1 aromatic heterocycles. The number of nitrogens with two attached hydrogens (primary N) is 1. The largest absolute Gasteiger partial charge is 0.497 e. The van der Waals surface area contributed by atoms with Crippen LogP contribution in [-0.4, -0.2) is 34.0 Å². The molecule has 0 saturated carbocycles. The summed E-state index contributed by atoms with van der Waals surface area (Å²) in [6.07, 6.45) is 0. The summed E-state index contributed by atoms with van der Waals surface area (Å²) in [5, 5.41) is 3.17. The van der Waals surface area contributed by atoms with Crippen LogP contribution >= 0.6 is 0 Å². The molecule has 140 valence electrons. The molecule has 0 amide bonds. The Morgan fingerprint density at radius 1 is 1.07 bits per heavy atom. The van der Waals surface area contributed by atoms with Crippen LogP contribution in [0.25, 0.3) is 0 Å². The van der Waals surface area contributed by atoms with E-state index < -0.39 is 0 Å². The van der Waals surface area contributed by atoms with Gasteiger partial charge in [0, 0.05) is 12.2 Å². The van der Waals surface area contributed by atoms with Gasteiger partial charge in [-0.3, -0.25) is 4.90 Å². The first kappa shape index (κ1) is 18.6. The van der Waals surface area contributed by atoms with E-state index in [0.29, 0.717) is 11.8 Å². The van der Waals surface area contributed by atoms with Crippen LogP contribution in [0, 0.1) is 0 Å². The molecule has 3 aromatic rings. The van der Waals surface area contributed by atoms with Gasteiger partial charge < -0.3 is 15.8 Å². The third-order valence-electron chi connectivity index (χ3n) is 4.30. The molecule has 0 aliphatic heterocycles. The normalized spacial score (nSPS) is 12.0. The van der Waals surface area contributed by atoms with Crippen molar-refractivity contribution in [1.82, 2.24) is 19.9 Å². The Balaban J connectivity index is 1.75. The van der Waals surface area contributed by atoms with E-state index in [-0.39, 0.29) is 12.0 Å². The lowest BCUT2D eigenvalue weighted by Crippen LogP contribution is -2.24. The smallest absolute Gasteiger partial charge is 0.232 e. The Hall–Kier alpha value is -3.19. The topological polar surface area (TPSA) is 89.2 Å². The summed E-state index contributed by atoms with van der Waals surface area (Å²) in [6, 6.07) is 17.7. The van der Waals surface area contributed by atoms with Gasteiger partial charge in [-0.1, -0.05) is 30.3 Å². The molecule has 2 aromatic carbocycles. The number of ether oxygens (including phenoxy) is 1. The number of rotatable bonds is 7. The third kappa shape index (κ3) is 4.92. The molecular weight excluding hydrogens is 340 g/mol. The van der Waals surface area contributed by atoms with Gasteiger partial charge in [-0.25, -0.2) is 0 Å². The van der Waals surface area contributed by atoms with Crippen molar-refractivity contribution in [3.63, 3.8) is 0 Å². The predicted octanol–water partition coefficient (Wildman–Crippen LogP) is 3.40. The molecule has 7 nitrogen and oxygen atoms in total. The zero-order valence-corrected chi connectivity index (χ0v) is 15.8. The summed E-state index contributed by atoms with van der Waals surface area (Å²) in [7, 11) is 3.69. The first-order chi connectivity index (χ1) is 13.0. The average Bonchev–Trinajstić information content (AvgIpc) is 2.68. The van der Waals surface area contributed by atoms with Crippen molar-refractivity contribution in [3.8, 4) is 5.75 Å². The Morgan fingerprint density at radius 3 is 2.59 bits per heavy atom. The number of para-hydroxylation sites is 1. The van der Waals surface area contributed by atoms with Crippen LogP contribution in [0.2, 0.25) is 0 Å². The lowest BCUT2D eigenvalue weighted by molar-refractivity contribution is 0.243. The van der Waals surface area contributed by atoms with Crippen LogP contribution in [0.3, 0.4) is 0 Å². The van der Waals surface area contributed by atoms with Gasteiger partial charge in [0.2, 0.25) is 11.9 Å². The lowest BCUT2D eigenvalue weighted by atomic mass is 10.2. The van der Waals surface area contributed by atoms with Gasteiger partial charge in [0.15, 0.2) is 5.82 Å². The first-order valence-corrected chi connectivity index (χ1v) is 8.72. The standard InChI is InChI=1S/C20H24N6O/c1-14(26(2)13-15-8-7-11-17(12-15)27-3)18-23-19(21)25-20(24-18)22-16-9-5-4-6-10-16/h4-12,14H,13H2,1-3H3,(H3,21,22,23,24,25)/t14-/m1/s1. The number of benzene rings is 2. The van der Waals surface area contributed by atoms with E-state index >= 15 is 0 Å². The van der Waals surface area contributed by atoms with Crippen LogP contribution in [0.15, 0.2) is 54.6 Å². The number of hydrogen-bond donors (Lipinski definition) is 2. The Kier molecular flexibility index (Phi) is 5.83. The first-order valence-electron chi connectivity index (χ1n) is 8.72. The predicted molar refractivity (Wildman–Crippen MR) is 107 cm³/mol. The van der Waals surface area contributed by atoms with E-state index in [2.05, 4.69) is 31.2 Å². The van der Waals surface area contributed by atoms with E-state index in [1.165, 1.54) is 0 Å². The molecule has 0 aliphatic rings. The van der Waals surface area contributed by atoms with Crippen molar-refractivity contribution in [2.45, 2.75) is 19.5 Å². The molecule has 0 bridgehead atoms. The highest BCUT2D eigenvalue weighted by Gasteiger charge is 2.17. The van der Waals surface area contributed by atoms with Crippen molar-refractivity contribution >= 4 is 17.6 Å². The minimum atomic E-state index is -0.0437. The van der Waals surface area contributed by atoms with E-state index in [4.69, 9.17) is 10.5 Å². The van der Waals surface area contributed by atoms with Crippen LogP contribution in [-0.2, 0) is 6.54 Å². The van der Waals surface area contributed by atoms with Crippen LogP contribution in [0.4, 0.5) is 17.6 Å². The van der Waals surface area contributed by atoms with Crippen molar-refractivity contribution in [3.05, 3.63) is 66.0 Å². The molecule has 0 fully saturated rings. The number of nitrogens with one attached hydrogen (secondary N) is 1. The molecule has 0 spiro atoms. The molecule has 7 heteroatoms. The fourth-order valence-electron chi connectivity index (χ4n) is 2.70. The summed E-state index contributed by atoms with van der Waals surface area (Å²) >= 11 is 0. The van der Waals surface area contributed by atoms with Gasteiger partial charge in [-0.2, -0.15) is 15.0 Å². The summed E-state index contributed by atoms with van der Waals surface area (Å²) in [5.41, 5.74) is 7.95. The summed E-state index contributed by atoms with van der Waals surface area (Å²) in [5.74, 6) is 2.09. The molecule has 3 N–H and O–H groups in total. The maximum absolute atomic E-state index is 5.90. The Morgan fingerprint density at radius 2 is 1.85 bits per heavy atom. The quantitative estimate of drug-likeness (QED) is 0.664. The summed E-state index contributed by atoms with van der Waals surface area (Å²) in [6.45, 7) is 2.77. The SMILES string of the molecule is COc1cccc(CN(C)[C@H](C)c2nc(N)nc(Nc3ccccc3)n2)c1. The minimum absolute atomic E-state index is 0.0437. The van der Waals surface area contributed by atoms with Gasteiger partial charge in [-0.05, 0) is 43.8 Å². The number of anilines is 3. The lowest BCUT2D eigenvalue weighted by Gasteiger charge is -2.24. The molecule has 0 unspecified atom stereocenters. The van der Waals surface area contributed by atoms with Crippen molar-refractivity contribution in [2.24, 2.45) is 0 Å². The van der Waals surface area contributed by atoms with E-state index in [1.807, 2.05) is 62.5 Å². The molecule has 1 atom stereocenters. The molecule has 3 rings (SSSR count). The second-order valence-electron chi connectivity index (χ2n) is 6.31. The Bertz CT molecular complexity index is 887. The number of hydrogen-bond acceptors (Lipinski definition) is 7. The van der Waals surface area contributed by atoms with Gasteiger partial charge >= 0.3 is 0 Å². The zero-order valence-electron chi connectivity index (χ0n) is 15.8. The van der Waals surface area contributed by atoms with Crippen LogP contribution in [0.1, 0.15) is 24.4 Å². The van der Waals surface area contributed by atoms with Crippen molar-refractivity contribution in [2.75, 3.05) is 25.2 Å². The fourth-order valence-corrected chi connectivity index (χ4v) is 2.70. The number of methoxy groups -OCH3 is 1. The molecule has 1 heterocycles. The maximum atomic E-state index is 5.90. The maximum Gasteiger partial charge on any atom is 0.232 e. The molecule has 0 radical (unpaired) electrons. The molecular formula is C20H24N6O. The van der Waals surface area contributed by atoms with Gasteiger partial charge in [0.25, 0.3) is 0 Å². The van der Waals surface area contributed by atoms with Gasteiger partial charge in [0.05, 0.1) is 13.2 Å². The van der Waals surface area contributed by atoms with Gasteiger partial charge in [-0.15, -0.1) is 0 Å². The molecule has 0 aliphatic carbocycles. The number of nitrogen functional groups attached to an aromatic ring is 1.